The number of rotatable bonds is 9. The number of hydrogen-bond donors (Lipinski definition) is 1. The molecule has 1 N–H and O–H groups in total. The Kier molecular flexibility index (Phi) is 15.3. The number of carbonyl (C=O) groups excluding carboxylic acids is 2. The average Bonchev–Trinajstić information content (AvgIpc) is 2.60. The third-order valence-corrected chi connectivity index (χ3v) is 5.10. The number of halogens is 3. The number of ether oxygens (including phenoxy) is 3. The van der Waals surface area contributed by atoms with E-state index in [1.165, 1.54) is 0 Å². The first-order valence-electron chi connectivity index (χ1n) is 8.92. The smallest absolute Gasteiger partial charge is 0.305 e. The maximum Gasteiger partial charge on any atom is 0.305 e. The number of esters is 1. The summed E-state index contributed by atoms with van der Waals surface area (Å²) in [5.41, 5.74) is 0.171. The molecule has 0 aromatic carbocycles. The van der Waals surface area contributed by atoms with Crippen molar-refractivity contribution in [3.8, 4) is 0 Å². The molecule has 2 heterocycles. The van der Waals surface area contributed by atoms with Crippen molar-refractivity contribution in [3.05, 3.63) is 0 Å². The summed E-state index contributed by atoms with van der Waals surface area (Å²) in [5, 5.41) is 10.0. The molecule has 27 heavy (non-hydrogen) atoms. The van der Waals surface area contributed by atoms with Crippen LogP contribution in [0.5, 0.6) is 0 Å². The third-order valence-electron chi connectivity index (χ3n) is 3.79. The Morgan fingerprint density at radius 2 is 1.48 bits per heavy atom. The topological polar surface area (TPSA) is 82.1 Å². The van der Waals surface area contributed by atoms with Gasteiger partial charge in [-0.25, -0.2) is 0 Å². The summed E-state index contributed by atoms with van der Waals surface area (Å²) < 4.78 is 15.0. The first-order chi connectivity index (χ1) is 12.7. The molecule has 2 aliphatic heterocycles. The van der Waals surface area contributed by atoms with E-state index in [0.717, 1.165) is 36.7 Å². The normalized spacial score (nSPS) is 18.4. The number of aliphatic hydroxyl groups excluding tert-OH is 1. The second kappa shape index (κ2) is 15.2. The maximum absolute atomic E-state index is 11.1. The Bertz CT molecular complexity index is 423. The molecule has 160 valence electrons. The van der Waals surface area contributed by atoms with E-state index < -0.39 is 0 Å². The highest BCUT2D eigenvalue weighted by atomic mass is 79.9. The number of alkyl halides is 2. The van der Waals surface area contributed by atoms with Crippen LogP contribution in [0.15, 0.2) is 0 Å². The summed E-state index contributed by atoms with van der Waals surface area (Å²) in [7, 11) is 0. The van der Waals surface area contributed by atoms with Crippen molar-refractivity contribution in [1.82, 2.24) is 0 Å². The van der Waals surface area contributed by atoms with Gasteiger partial charge in [-0.3, -0.25) is 9.59 Å². The van der Waals surface area contributed by atoms with Crippen LogP contribution in [0.25, 0.3) is 0 Å². The predicted octanol–water partition coefficient (Wildman–Crippen LogP) is 3.68. The molecule has 0 aromatic heterocycles. The van der Waals surface area contributed by atoms with Crippen molar-refractivity contribution in [3.63, 3.8) is 0 Å². The van der Waals surface area contributed by atoms with Crippen molar-refractivity contribution in [2.24, 2.45) is 10.8 Å². The summed E-state index contributed by atoms with van der Waals surface area (Å²) >= 11 is 11.4. The third kappa shape index (κ3) is 14.0. The molecule has 0 aromatic rings. The second-order valence-electron chi connectivity index (χ2n) is 7.37. The lowest BCUT2D eigenvalue weighted by atomic mass is 9.90. The van der Waals surface area contributed by atoms with Gasteiger partial charge in [-0.05, 0) is 24.4 Å². The van der Waals surface area contributed by atoms with Gasteiger partial charge in [-0.2, -0.15) is 0 Å². The van der Waals surface area contributed by atoms with Crippen LogP contribution >= 0.6 is 43.5 Å². The van der Waals surface area contributed by atoms with Gasteiger partial charge < -0.3 is 19.3 Å². The number of aliphatic hydroxyl groups is 1. The van der Waals surface area contributed by atoms with Gasteiger partial charge in [0, 0.05) is 34.3 Å². The van der Waals surface area contributed by atoms with Crippen LogP contribution in [0.4, 0.5) is 0 Å². The summed E-state index contributed by atoms with van der Waals surface area (Å²) in [6.45, 7) is 7.69. The molecule has 0 atom stereocenters. The highest BCUT2D eigenvalue weighted by molar-refractivity contribution is 9.09. The Balaban J connectivity index is 0.000000410. The first-order valence-corrected chi connectivity index (χ1v) is 11.5. The first kappa shape index (κ1) is 27.3. The molecule has 9 heteroatoms. The lowest BCUT2D eigenvalue weighted by Crippen LogP contribution is -2.44. The zero-order chi connectivity index (χ0) is 20.8. The Labute approximate surface area is 183 Å². The number of hydrogen-bond acceptors (Lipinski definition) is 6. The molecule has 2 rings (SSSR count). The minimum Gasteiger partial charge on any atom is -0.465 e. The Hall–Kier alpha value is 0.270. The highest BCUT2D eigenvalue weighted by Crippen LogP contribution is 2.26. The standard InChI is InChI=1S/C9H15BrO3.C5H10O2.C4H6BrClO/c1-9(5-12-6-9)7-13-8(11)3-2-4-10;1-5(2-6)3-7-4-5;5-3-1-2-4(6)7/h2-7H2,1H3;6H,2-4H2,1H3;1-3H2. The van der Waals surface area contributed by atoms with Crippen LogP contribution in [0.1, 0.15) is 39.5 Å². The quantitative estimate of drug-likeness (QED) is 0.274. The fourth-order valence-corrected chi connectivity index (χ4v) is 2.51. The molecule has 2 saturated heterocycles. The van der Waals surface area contributed by atoms with Gasteiger partial charge in [0.25, 0.3) is 0 Å². The van der Waals surface area contributed by atoms with E-state index in [2.05, 4.69) is 38.8 Å². The minimum absolute atomic E-state index is 0.0735. The lowest BCUT2D eigenvalue weighted by molar-refractivity contribution is -0.165. The predicted molar refractivity (Wildman–Crippen MR) is 113 cm³/mol. The van der Waals surface area contributed by atoms with E-state index in [1.807, 2.05) is 6.92 Å². The summed E-state index contributed by atoms with van der Waals surface area (Å²) in [5.74, 6) is -0.104. The molecule has 0 aliphatic carbocycles. The zero-order valence-corrected chi connectivity index (χ0v) is 20.0. The van der Waals surface area contributed by atoms with Gasteiger partial charge in [-0.1, -0.05) is 45.7 Å². The van der Waals surface area contributed by atoms with Gasteiger partial charge in [-0.15, -0.1) is 0 Å². The second-order valence-corrected chi connectivity index (χ2v) is 9.37. The summed E-state index contributed by atoms with van der Waals surface area (Å²) in [6, 6.07) is 0. The van der Waals surface area contributed by atoms with Crippen LogP contribution in [-0.2, 0) is 23.8 Å². The monoisotopic (exact) mass is 536 g/mol. The van der Waals surface area contributed by atoms with Crippen LogP contribution in [-0.4, -0.2) is 66.6 Å². The maximum atomic E-state index is 11.1. The summed E-state index contributed by atoms with van der Waals surface area (Å²) in [4.78, 5) is 21.1. The molecule has 2 aliphatic rings. The molecule has 2 fully saturated rings. The molecule has 0 spiro atoms. The SMILES string of the molecule is CC1(CO)COC1.CC1(COC(=O)CCCBr)COC1.O=C(Cl)CCCBr. The van der Waals surface area contributed by atoms with E-state index >= 15 is 0 Å². The average molecular weight is 539 g/mol. The molecule has 0 radical (unpaired) electrons. The van der Waals surface area contributed by atoms with Crippen LogP contribution < -0.4 is 0 Å². The molecule has 0 saturated carbocycles. The molecule has 6 nitrogen and oxygen atoms in total. The number of carbonyl (C=O) groups is 2. The Morgan fingerprint density at radius 3 is 1.74 bits per heavy atom. The zero-order valence-electron chi connectivity index (χ0n) is 16.1. The molecule has 0 amide bonds. The van der Waals surface area contributed by atoms with Crippen molar-refractivity contribution < 1.29 is 28.9 Å². The van der Waals surface area contributed by atoms with Crippen LogP contribution in [0.2, 0.25) is 0 Å². The molecule has 0 bridgehead atoms. The van der Waals surface area contributed by atoms with Gasteiger partial charge in [0.2, 0.25) is 5.24 Å². The fraction of sp³-hybridized carbons (Fsp3) is 0.889. The van der Waals surface area contributed by atoms with Gasteiger partial charge in [0.15, 0.2) is 0 Å². The van der Waals surface area contributed by atoms with Gasteiger partial charge in [0.1, 0.15) is 6.61 Å². The van der Waals surface area contributed by atoms with Crippen LogP contribution in [0.3, 0.4) is 0 Å². The van der Waals surface area contributed by atoms with E-state index in [4.69, 9.17) is 30.9 Å². The summed E-state index contributed by atoms with van der Waals surface area (Å²) in [6.07, 6.45) is 2.66. The largest absolute Gasteiger partial charge is 0.465 e. The van der Waals surface area contributed by atoms with Crippen molar-refractivity contribution in [2.45, 2.75) is 39.5 Å². The van der Waals surface area contributed by atoms with Gasteiger partial charge in [0.05, 0.1) is 33.0 Å². The van der Waals surface area contributed by atoms with E-state index in [9.17, 15) is 9.59 Å². The Morgan fingerprint density at radius 1 is 1.00 bits per heavy atom. The van der Waals surface area contributed by atoms with Crippen molar-refractivity contribution in [1.29, 1.82) is 0 Å². The molecular formula is C18H31Br2ClO6. The molecule has 0 unspecified atom stereocenters. The fourth-order valence-electron chi connectivity index (χ4n) is 1.82. The van der Waals surface area contributed by atoms with Crippen molar-refractivity contribution in [2.75, 3.05) is 50.3 Å². The van der Waals surface area contributed by atoms with E-state index in [-0.39, 0.29) is 28.6 Å². The molecular weight excluding hydrogens is 507 g/mol. The lowest BCUT2D eigenvalue weighted by Gasteiger charge is -2.37. The van der Waals surface area contributed by atoms with Gasteiger partial charge >= 0.3 is 5.97 Å². The van der Waals surface area contributed by atoms with Crippen LogP contribution in [0, 0.1) is 10.8 Å². The van der Waals surface area contributed by atoms with Crippen molar-refractivity contribution >= 4 is 54.7 Å². The minimum atomic E-state index is -0.251. The van der Waals surface area contributed by atoms with E-state index in [1.54, 1.807) is 0 Å². The van der Waals surface area contributed by atoms with E-state index in [0.29, 0.717) is 32.7 Å². The highest BCUT2D eigenvalue weighted by Gasteiger charge is 2.34.